The van der Waals surface area contributed by atoms with Gasteiger partial charge in [0.2, 0.25) is 0 Å². The van der Waals surface area contributed by atoms with Crippen molar-refractivity contribution < 1.29 is 9.90 Å². The maximum atomic E-state index is 11.5. The number of aliphatic hydroxyl groups is 1. The van der Waals surface area contributed by atoms with E-state index in [-0.39, 0.29) is 12.5 Å². The first-order valence-corrected chi connectivity index (χ1v) is 5.96. The molecule has 0 unspecified atom stereocenters. The molecule has 1 aromatic carbocycles. The van der Waals surface area contributed by atoms with Gasteiger partial charge in [0.15, 0.2) is 0 Å². The summed E-state index contributed by atoms with van der Waals surface area (Å²) in [6.07, 6.45) is 1.47. The lowest BCUT2D eigenvalue weighted by Gasteiger charge is -2.07. The number of nitrogens with one attached hydrogen (secondary N) is 1. The van der Waals surface area contributed by atoms with Gasteiger partial charge in [0.25, 0.3) is 5.91 Å². The van der Waals surface area contributed by atoms with Crippen LogP contribution in [0.1, 0.15) is 17.3 Å². The molecule has 0 aliphatic rings. The average Bonchev–Trinajstić information content (AvgIpc) is 2.26. The normalized spacial score (nSPS) is 12.2. The van der Waals surface area contributed by atoms with Gasteiger partial charge in [-0.2, -0.15) is 0 Å². The molecular formula is C11H15NO2S. The predicted octanol–water partition coefficient (Wildman–Crippen LogP) is 1.52. The fraction of sp³-hybridized carbons (Fsp3) is 0.364. The molecule has 0 fully saturated rings. The van der Waals surface area contributed by atoms with Gasteiger partial charge in [-0.1, -0.05) is 0 Å². The minimum absolute atomic E-state index is 0.149. The minimum atomic E-state index is -0.514. The van der Waals surface area contributed by atoms with Gasteiger partial charge in [-0.3, -0.25) is 4.79 Å². The number of amides is 1. The van der Waals surface area contributed by atoms with Gasteiger partial charge in [0.1, 0.15) is 0 Å². The lowest BCUT2D eigenvalue weighted by molar-refractivity contribution is 0.0924. The molecule has 15 heavy (non-hydrogen) atoms. The number of hydrogen-bond acceptors (Lipinski definition) is 3. The molecule has 0 heterocycles. The van der Waals surface area contributed by atoms with Crippen molar-refractivity contribution in [2.75, 3.05) is 12.8 Å². The van der Waals surface area contributed by atoms with Crippen LogP contribution in [-0.4, -0.2) is 29.9 Å². The molecule has 3 nitrogen and oxygen atoms in total. The van der Waals surface area contributed by atoms with E-state index < -0.39 is 6.10 Å². The zero-order chi connectivity index (χ0) is 11.3. The second kappa shape index (κ2) is 5.78. The molecule has 0 saturated heterocycles. The monoisotopic (exact) mass is 225 g/mol. The topological polar surface area (TPSA) is 49.3 Å². The number of thioether (sulfide) groups is 1. The summed E-state index contributed by atoms with van der Waals surface area (Å²) in [6, 6.07) is 7.37. The predicted molar refractivity (Wildman–Crippen MR) is 62.2 cm³/mol. The van der Waals surface area contributed by atoms with Crippen LogP contribution in [0.15, 0.2) is 29.2 Å². The van der Waals surface area contributed by atoms with Crippen molar-refractivity contribution >= 4 is 17.7 Å². The summed E-state index contributed by atoms with van der Waals surface area (Å²) in [5, 5.41) is 11.7. The van der Waals surface area contributed by atoms with Crippen LogP contribution in [0.2, 0.25) is 0 Å². The van der Waals surface area contributed by atoms with Crippen molar-refractivity contribution in [3.8, 4) is 0 Å². The van der Waals surface area contributed by atoms with Crippen LogP contribution in [-0.2, 0) is 0 Å². The highest BCUT2D eigenvalue weighted by Crippen LogP contribution is 2.14. The molecule has 0 bridgehead atoms. The number of carbonyl (C=O) groups is 1. The average molecular weight is 225 g/mol. The third-order valence-electron chi connectivity index (χ3n) is 1.91. The van der Waals surface area contributed by atoms with Gasteiger partial charge in [-0.25, -0.2) is 0 Å². The quantitative estimate of drug-likeness (QED) is 0.764. The Morgan fingerprint density at radius 2 is 2.07 bits per heavy atom. The number of rotatable bonds is 4. The van der Waals surface area contributed by atoms with Crippen LogP contribution in [0, 0.1) is 0 Å². The second-order valence-corrected chi connectivity index (χ2v) is 4.17. The summed E-state index contributed by atoms with van der Waals surface area (Å²) in [4.78, 5) is 12.6. The molecule has 0 radical (unpaired) electrons. The lowest BCUT2D eigenvalue weighted by Crippen LogP contribution is -2.30. The molecule has 2 N–H and O–H groups in total. The molecule has 1 amide bonds. The molecule has 0 saturated carbocycles. The first-order chi connectivity index (χ1) is 7.13. The van der Waals surface area contributed by atoms with Crippen LogP contribution >= 0.6 is 11.8 Å². The van der Waals surface area contributed by atoms with E-state index in [0.717, 1.165) is 4.90 Å². The smallest absolute Gasteiger partial charge is 0.251 e. The molecule has 1 atom stereocenters. The van der Waals surface area contributed by atoms with Crippen molar-refractivity contribution in [3.05, 3.63) is 29.8 Å². The van der Waals surface area contributed by atoms with E-state index in [1.165, 1.54) is 0 Å². The lowest BCUT2D eigenvalue weighted by atomic mass is 10.2. The maximum Gasteiger partial charge on any atom is 0.251 e. The summed E-state index contributed by atoms with van der Waals surface area (Å²) in [7, 11) is 0. The van der Waals surface area contributed by atoms with Crippen molar-refractivity contribution in [2.45, 2.75) is 17.9 Å². The van der Waals surface area contributed by atoms with Crippen LogP contribution < -0.4 is 5.32 Å². The first kappa shape index (κ1) is 12.1. The number of benzene rings is 1. The summed E-state index contributed by atoms with van der Waals surface area (Å²) >= 11 is 1.64. The van der Waals surface area contributed by atoms with E-state index in [9.17, 15) is 4.79 Å². The van der Waals surface area contributed by atoms with E-state index in [2.05, 4.69) is 5.32 Å². The molecule has 0 aliphatic carbocycles. The summed E-state index contributed by atoms with van der Waals surface area (Å²) in [5.74, 6) is -0.149. The Morgan fingerprint density at radius 1 is 1.47 bits per heavy atom. The van der Waals surface area contributed by atoms with Crippen molar-refractivity contribution in [3.63, 3.8) is 0 Å². The zero-order valence-corrected chi connectivity index (χ0v) is 9.67. The van der Waals surface area contributed by atoms with E-state index >= 15 is 0 Å². The molecule has 4 heteroatoms. The Labute approximate surface area is 93.9 Å². The van der Waals surface area contributed by atoms with Crippen LogP contribution in [0.5, 0.6) is 0 Å². The number of carbonyl (C=O) groups excluding carboxylic acids is 1. The van der Waals surface area contributed by atoms with Gasteiger partial charge in [0, 0.05) is 17.0 Å². The third-order valence-corrected chi connectivity index (χ3v) is 2.65. The molecular weight excluding hydrogens is 210 g/mol. The fourth-order valence-corrected chi connectivity index (χ4v) is 1.49. The molecule has 0 aliphatic heterocycles. The van der Waals surface area contributed by atoms with Crippen molar-refractivity contribution in [1.82, 2.24) is 5.32 Å². The highest BCUT2D eigenvalue weighted by molar-refractivity contribution is 7.98. The van der Waals surface area contributed by atoms with E-state index in [1.54, 1.807) is 30.8 Å². The van der Waals surface area contributed by atoms with Crippen LogP contribution in [0.3, 0.4) is 0 Å². The fourth-order valence-electron chi connectivity index (χ4n) is 1.08. The molecule has 0 spiro atoms. The van der Waals surface area contributed by atoms with Gasteiger partial charge >= 0.3 is 0 Å². The molecule has 0 aromatic heterocycles. The Hall–Kier alpha value is -1.00. The SMILES string of the molecule is CSc1ccc(C(=O)NC[C@H](C)O)cc1. The van der Waals surface area contributed by atoms with Crippen molar-refractivity contribution in [2.24, 2.45) is 0 Å². The first-order valence-electron chi connectivity index (χ1n) is 4.74. The largest absolute Gasteiger partial charge is 0.392 e. The number of hydrogen-bond donors (Lipinski definition) is 2. The standard InChI is InChI=1S/C11H15NO2S/c1-8(13)7-12-11(14)9-3-5-10(15-2)6-4-9/h3-6,8,13H,7H2,1-2H3,(H,12,14)/t8-/m0/s1. The molecule has 1 aromatic rings. The van der Waals surface area contributed by atoms with E-state index in [1.807, 2.05) is 18.4 Å². The van der Waals surface area contributed by atoms with E-state index in [0.29, 0.717) is 5.56 Å². The highest BCUT2D eigenvalue weighted by atomic mass is 32.2. The van der Waals surface area contributed by atoms with Gasteiger partial charge in [-0.15, -0.1) is 11.8 Å². The van der Waals surface area contributed by atoms with Gasteiger partial charge < -0.3 is 10.4 Å². The van der Waals surface area contributed by atoms with Gasteiger partial charge in [-0.05, 0) is 37.4 Å². The Balaban J connectivity index is 2.58. The van der Waals surface area contributed by atoms with Crippen LogP contribution in [0.25, 0.3) is 0 Å². The van der Waals surface area contributed by atoms with Crippen LogP contribution in [0.4, 0.5) is 0 Å². The summed E-state index contributed by atoms with van der Waals surface area (Å²) in [6.45, 7) is 1.92. The third kappa shape index (κ3) is 3.93. The maximum absolute atomic E-state index is 11.5. The molecule has 1 rings (SSSR count). The zero-order valence-electron chi connectivity index (χ0n) is 8.86. The summed E-state index contributed by atoms with van der Waals surface area (Å²) < 4.78 is 0. The Bertz CT molecular complexity index is 322. The minimum Gasteiger partial charge on any atom is -0.392 e. The van der Waals surface area contributed by atoms with Gasteiger partial charge in [0.05, 0.1) is 6.10 Å². The Kier molecular flexibility index (Phi) is 4.65. The summed E-state index contributed by atoms with van der Waals surface area (Å²) in [5.41, 5.74) is 0.619. The van der Waals surface area contributed by atoms with E-state index in [4.69, 9.17) is 5.11 Å². The molecule has 82 valence electrons. The Morgan fingerprint density at radius 3 is 2.53 bits per heavy atom. The second-order valence-electron chi connectivity index (χ2n) is 3.29. The van der Waals surface area contributed by atoms with Crippen molar-refractivity contribution in [1.29, 1.82) is 0 Å². The highest BCUT2D eigenvalue weighted by Gasteiger charge is 2.05. The number of aliphatic hydroxyl groups excluding tert-OH is 1.